The fraction of sp³-hybridized carbons (Fsp3) is 0.393. The van der Waals surface area contributed by atoms with E-state index in [0.717, 1.165) is 40.7 Å². The van der Waals surface area contributed by atoms with E-state index in [2.05, 4.69) is 38.7 Å². The third-order valence-corrected chi connectivity index (χ3v) is 8.28. The Morgan fingerprint density at radius 2 is 1.97 bits per heavy atom. The molecule has 35 heavy (non-hydrogen) atoms. The van der Waals surface area contributed by atoms with Crippen LogP contribution in [0, 0.1) is 13.8 Å². The van der Waals surface area contributed by atoms with Crippen molar-refractivity contribution in [3.05, 3.63) is 88.2 Å². The largest absolute Gasteiger partial charge is 0.508 e. The molecule has 186 valence electrons. The molecule has 0 spiro atoms. The van der Waals surface area contributed by atoms with E-state index < -0.39 is 7.60 Å². The summed E-state index contributed by atoms with van der Waals surface area (Å²) in [5.41, 5.74) is 6.43. The van der Waals surface area contributed by atoms with E-state index in [1.54, 1.807) is 18.5 Å². The number of phenols is 1. The van der Waals surface area contributed by atoms with Gasteiger partial charge in [0, 0.05) is 18.8 Å². The van der Waals surface area contributed by atoms with Crippen molar-refractivity contribution in [2.45, 2.75) is 59.0 Å². The van der Waals surface area contributed by atoms with Crippen molar-refractivity contribution in [1.29, 1.82) is 0 Å². The van der Waals surface area contributed by atoms with Crippen molar-refractivity contribution in [3.8, 4) is 11.5 Å². The van der Waals surface area contributed by atoms with Crippen LogP contribution in [0.3, 0.4) is 0 Å². The fourth-order valence-corrected chi connectivity index (χ4v) is 5.94. The highest BCUT2D eigenvalue weighted by Gasteiger charge is 2.35. The second kappa shape index (κ2) is 10.9. The van der Waals surface area contributed by atoms with Crippen molar-refractivity contribution in [3.63, 3.8) is 0 Å². The first kappa shape index (κ1) is 25.4. The first-order valence-corrected chi connectivity index (χ1v) is 13.9. The van der Waals surface area contributed by atoms with E-state index in [0.29, 0.717) is 30.4 Å². The van der Waals surface area contributed by atoms with Crippen LogP contribution in [-0.2, 0) is 20.0 Å². The maximum Gasteiger partial charge on any atom is 0.368 e. The Labute approximate surface area is 207 Å². The molecule has 1 aliphatic heterocycles. The molecular weight excluding hydrogens is 461 g/mol. The van der Waals surface area contributed by atoms with Crippen LogP contribution in [0.4, 0.5) is 0 Å². The molecule has 1 N–H and O–H groups in total. The van der Waals surface area contributed by atoms with Gasteiger partial charge in [0.2, 0.25) is 0 Å². The minimum absolute atomic E-state index is 0.141. The summed E-state index contributed by atoms with van der Waals surface area (Å²) in [6.07, 6.45) is 5.33. The zero-order valence-electron chi connectivity index (χ0n) is 20.9. The third-order valence-electron chi connectivity index (χ3n) is 6.69. The minimum atomic E-state index is -3.39. The van der Waals surface area contributed by atoms with Crippen LogP contribution in [0.15, 0.2) is 54.9 Å². The number of aryl methyl sites for hydroxylation is 2. The first-order chi connectivity index (χ1) is 16.8. The molecule has 7 heteroatoms. The summed E-state index contributed by atoms with van der Waals surface area (Å²) in [5, 5.41) is 10.3. The molecule has 6 nitrogen and oxygen atoms in total. The molecule has 1 fully saturated rings. The van der Waals surface area contributed by atoms with Crippen molar-refractivity contribution in [2.24, 2.45) is 0 Å². The molecule has 3 atom stereocenters. The molecule has 1 saturated heterocycles. The molecule has 1 aromatic heterocycles. The Morgan fingerprint density at radius 1 is 1.20 bits per heavy atom. The lowest BCUT2D eigenvalue weighted by molar-refractivity contribution is 0.0723. The van der Waals surface area contributed by atoms with E-state index in [1.807, 2.05) is 30.3 Å². The molecule has 0 amide bonds. The van der Waals surface area contributed by atoms with E-state index >= 15 is 0 Å². The lowest BCUT2D eigenvalue weighted by atomic mass is 9.91. The molecule has 1 aliphatic rings. The number of rotatable bonds is 8. The Morgan fingerprint density at radius 3 is 2.66 bits per heavy atom. The van der Waals surface area contributed by atoms with E-state index in [9.17, 15) is 9.67 Å². The van der Waals surface area contributed by atoms with E-state index in [1.165, 1.54) is 5.56 Å². The molecule has 0 aliphatic carbocycles. The predicted octanol–water partition coefficient (Wildman–Crippen LogP) is 7.22. The number of hydrogen-bond acceptors (Lipinski definition) is 6. The quantitative estimate of drug-likeness (QED) is 0.333. The molecule has 0 saturated carbocycles. The maximum atomic E-state index is 13.2. The molecule has 2 unspecified atom stereocenters. The van der Waals surface area contributed by atoms with Crippen molar-refractivity contribution >= 4 is 7.60 Å². The zero-order valence-corrected chi connectivity index (χ0v) is 21.8. The van der Waals surface area contributed by atoms with Gasteiger partial charge in [-0.05, 0) is 90.3 Å². The van der Waals surface area contributed by atoms with Gasteiger partial charge in [-0.3, -0.25) is 14.1 Å². The van der Waals surface area contributed by atoms with Gasteiger partial charge in [0.25, 0.3) is 0 Å². The molecule has 2 aromatic carbocycles. The number of pyridine rings is 1. The number of ether oxygens (including phenoxy) is 1. The van der Waals surface area contributed by atoms with Gasteiger partial charge in [-0.2, -0.15) is 0 Å². The number of aromatic hydroxyl groups is 1. The van der Waals surface area contributed by atoms with Gasteiger partial charge in [-0.25, -0.2) is 0 Å². The summed E-state index contributed by atoms with van der Waals surface area (Å²) in [4.78, 5) is 4.13. The lowest BCUT2D eigenvalue weighted by Crippen LogP contribution is -2.17. The van der Waals surface area contributed by atoms with Crippen molar-refractivity contribution in [1.82, 2.24) is 4.98 Å². The van der Waals surface area contributed by atoms with Crippen LogP contribution in [0.25, 0.3) is 0 Å². The summed E-state index contributed by atoms with van der Waals surface area (Å²) in [6, 6.07) is 13.6. The van der Waals surface area contributed by atoms with Crippen LogP contribution < -0.4 is 4.74 Å². The standard InChI is InChI=1S/C28H34NO5P/c1-5-19(2)26-16-22(8-9-27(26)30)15-25-20(3)13-24(14-21(25)4)32-18-35(31)33-12-10-28(34-35)23-7-6-11-29-17-23/h6-9,11,13-14,16-17,19,28,30H,5,10,12,15,18H2,1-4H3/t19?,28-,35?/m0/s1. The maximum absolute atomic E-state index is 13.2. The molecule has 3 aromatic rings. The van der Waals surface area contributed by atoms with Gasteiger partial charge in [-0.1, -0.05) is 32.0 Å². The highest BCUT2D eigenvalue weighted by molar-refractivity contribution is 7.53. The van der Waals surface area contributed by atoms with Crippen LogP contribution in [0.1, 0.15) is 72.1 Å². The highest BCUT2D eigenvalue weighted by Crippen LogP contribution is 2.55. The second-order valence-corrected chi connectivity index (χ2v) is 11.3. The van der Waals surface area contributed by atoms with Crippen LogP contribution in [0.5, 0.6) is 11.5 Å². The second-order valence-electron chi connectivity index (χ2n) is 9.30. The Hall–Kier alpha value is -2.66. The number of hydrogen-bond donors (Lipinski definition) is 1. The summed E-state index contributed by atoms with van der Waals surface area (Å²) < 4.78 is 30.5. The third kappa shape index (κ3) is 6.13. The molecule has 2 heterocycles. The van der Waals surface area contributed by atoms with Gasteiger partial charge in [0.15, 0.2) is 6.35 Å². The van der Waals surface area contributed by atoms with Crippen LogP contribution in [-0.4, -0.2) is 23.0 Å². The Bertz CT molecular complexity index is 1190. The number of nitrogens with zero attached hydrogens (tertiary/aromatic N) is 1. The SMILES string of the molecule is CCC(C)c1cc(Cc2c(C)cc(OCP3(=O)OCC[C@@H](c4cccnc4)O3)cc2C)ccc1O. The van der Waals surface area contributed by atoms with Gasteiger partial charge in [-0.15, -0.1) is 0 Å². The van der Waals surface area contributed by atoms with E-state index in [4.69, 9.17) is 13.8 Å². The molecular formula is C28H34NO5P. The molecule has 0 radical (unpaired) electrons. The van der Waals surface area contributed by atoms with Gasteiger partial charge < -0.3 is 14.4 Å². The minimum Gasteiger partial charge on any atom is -0.508 e. The van der Waals surface area contributed by atoms with Crippen molar-refractivity contribution < 1.29 is 23.5 Å². The summed E-state index contributed by atoms with van der Waals surface area (Å²) in [6.45, 7) is 8.72. The Kier molecular flexibility index (Phi) is 7.95. The smallest absolute Gasteiger partial charge is 0.368 e. The number of benzene rings is 2. The highest BCUT2D eigenvalue weighted by atomic mass is 31.2. The molecule has 0 bridgehead atoms. The normalized spacial score (nSPS) is 21.0. The van der Waals surface area contributed by atoms with Gasteiger partial charge in [0.05, 0.1) is 12.7 Å². The zero-order chi connectivity index (χ0) is 25.0. The average Bonchev–Trinajstić information content (AvgIpc) is 2.86. The lowest BCUT2D eigenvalue weighted by Gasteiger charge is -2.29. The van der Waals surface area contributed by atoms with Gasteiger partial charge in [0.1, 0.15) is 11.5 Å². The van der Waals surface area contributed by atoms with E-state index in [-0.39, 0.29) is 12.5 Å². The predicted molar refractivity (Wildman–Crippen MR) is 137 cm³/mol. The number of phenolic OH excluding ortho intramolecular Hbond substituents is 1. The molecule has 4 rings (SSSR count). The van der Waals surface area contributed by atoms with Crippen molar-refractivity contribution in [2.75, 3.05) is 13.0 Å². The summed E-state index contributed by atoms with van der Waals surface area (Å²) in [7, 11) is -3.39. The fourth-order valence-electron chi connectivity index (χ4n) is 4.44. The van der Waals surface area contributed by atoms with Crippen LogP contribution >= 0.6 is 7.60 Å². The monoisotopic (exact) mass is 495 g/mol. The Balaban J connectivity index is 1.45. The van der Waals surface area contributed by atoms with Crippen LogP contribution in [0.2, 0.25) is 0 Å². The number of aromatic nitrogens is 1. The first-order valence-electron chi connectivity index (χ1n) is 12.1. The summed E-state index contributed by atoms with van der Waals surface area (Å²) >= 11 is 0. The average molecular weight is 496 g/mol. The van der Waals surface area contributed by atoms with Gasteiger partial charge >= 0.3 is 7.60 Å². The summed E-state index contributed by atoms with van der Waals surface area (Å²) in [5.74, 6) is 1.30. The topological polar surface area (TPSA) is 77.9 Å².